The van der Waals surface area contributed by atoms with E-state index < -0.39 is 25.4 Å². The minimum atomic E-state index is -3.09. The maximum atomic E-state index is 12.3. The zero-order chi connectivity index (χ0) is 41.2. The van der Waals surface area contributed by atoms with Gasteiger partial charge in [-0.25, -0.2) is 9.59 Å². The number of nitrogens with zero attached hydrogens (tertiary/aromatic N) is 2. The fraction of sp³-hybridized carbons (Fsp3) is 0.556. The average Bonchev–Trinajstić information content (AvgIpc) is 3.13. The van der Waals surface area contributed by atoms with E-state index in [0.717, 1.165) is 13.1 Å². The van der Waals surface area contributed by atoms with Gasteiger partial charge in [-0.2, -0.15) is 0 Å². The van der Waals surface area contributed by atoms with Crippen molar-refractivity contribution in [2.24, 2.45) is 0 Å². The van der Waals surface area contributed by atoms with Crippen LogP contribution in [-0.2, 0) is 31.9 Å². The first-order valence-electron chi connectivity index (χ1n) is 19.5. The first-order valence-corrected chi connectivity index (χ1v) is 19.5. The van der Waals surface area contributed by atoms with Gasteiger partial charge in [0.1, 0.15) is 34.8 Å². The summed E-state index contributed by atoms with van der Waals surface area (Å²) in [5.74, 6) is -2.58. The topological polar surface area (TPSA) is 276 Å². The summed E-state index contributed by atoms with van der Waals surface area (Å²) in [5.41, 5.74) is 0.703. The van der Waals surface area contributed by atoms with Crippen LogP contribution >= 0.6 is 0 Å². The molecule has 2 aromatic rings. The summed E-state index contributed by atoms with van der Waals surface area (Å²) in [6.07, 6.45) is 0.245. The second-order valence-electron chi connectivity index (χ2n) is 15.4. The van der Waals surface area contributed by atoms with E-state index in [-0.39, 0.29) is 142 Å². The average molecular weight is 860 g/mol. The maximum absolute atomic E-state index is 12.3. The molecule has 6 heterocycles. The van der Waals surface area contributed by atoms with Gasteiger partial charge in [0.05, 0.1) is 75.9 Å². The summed E-state index contributed by atoms with van der Waals surface area (Å²) in [4.78, 5) is 51.5. The Hall–Kier alpha value is -2.67. The molecule has 4 saturated heterocycles. The van der Waals surface area contributed by atoms with E-state index in [9.17, 15) is 49.5 Å². The van der Waals surface area contributed by atoms with Crippen LogP contribution in [0.4, 0.5) is 0 Å². The Morgan fingerprint density at radius 1 is 0.650 bits per heavy atom. The van der Waals surface area contributed by atoms with Gasteiger partial charge >= 0.3 is 84.6 Å². The molecule has 0 aromatic heterocycles. The van der Waals surface area contributed by atoms with Crippen molar-refractivity contribution in [3.8, 4) is 23.0 Å². The van der Waals surface area contributed by atoms with Crippen LogP contribution < -0.4 is 88.5 Å². The third-order valence-electron chi connectivity index (χ3n) is 10.8. The molecule has 8 N–H and O–H groups in total. The Kier molecular flexibility index (Phi) is 16.7. The Morgan fingerprint density at radius 2 is 1.03 bits per heavy atom. The van der Waals surface area contributed by atoms with Gasteiger partial charge in [0.15, 0.2) is 0 Å². The summed E-state index contributed by atoms with van der Waals surface area (Å²) in [5, 5.41) is 64.8. The van der Waals surface area contributed by atoms with Crippen LogP contribution in [0.5, 0.6) is 23.0 Å². The second kappa shape index (κ2) is 20.7. The number of fused-ring (bicyclic) bond motifs is 2. The second-order valence-corrected chi connectivity index (χ2v) is 15.4. The number of hydrogen-bond donors (Lipinski definition) is 8. The van der Waals surface area contributed by atoms with Crippen LogP contribution in [0.2, 0.25) is 12.6 Å². The number of carboxylic acid groups (broad SMARTS) is 2. The number of carbonyl (C=O) groups excluding carboxylic acids is 2. The molecule has 0 bridgehead atoms. The van der Waals surface area contributed by atoms with E-state index in [2.05, 4.69) is 10.6 Å². The van der Waals surface area contributed by atoms with Crippen molar-refractivity contribution >= 4 is 37.3 Å². The van der Waals surface area contributed by atoms with E-state index in [1.807, 2.05) is 0 Å². The molecule has 60 heavy (non-hydrogen) atoms. The van der Waals surface area contributed by atoms with Crippen molar-refractivity contribution in [3.05, 3.63) is 46.5 Å². The van der Waals surface area contributed by atoms with Gasteiger partial charge in [-0.1, -0.05) is 24.8 Å². The molecule has 20 nitrogen and oxygen atoms in total. The molecule has 0 spiro atoms. The Balaban J connectivity index is 0.000000220. The number of aryl methyl sites for hydroxylation is 2. The smallest absolute Gasteiger partial charge is 0.669 e. The van der Waals surface area contributed by atoms with E-state index >= 15 is 0 Å². The number of aromatic carboxylic acids is 2. The van der Waals surface area contributed by atoms with Crippen molar-refractivity contribution in [2.75, 3.05) is 65.6 Å². The van der Waals surface area contributed by atoms with Crippen molar-refractivity contribution in [1.82, 2.24) is 20.4 Å². The number of likely N-dealkylation sites (tertiary alicyclic amines) is 2. The molecule has 24 heteroatoms. The number of hydrogen-bond acceptors (Lipinski definition) is 16. The quantitative estimate of drug-likeness (QED) is 0.103. The molecular weight excluding hydrogens is 812 g/mol. The first kappa shape index (κ1) is 48.4. The normalized spacial score (nSPS) is 22.7. The van der Waals surface area contributed by atoms with Crippen LogP contribution in [0.3, 0.4) is 0 Å². The van der Waals surface area contributed by atoms with Crippen molar-refractivity contribution < 1.29 is 137 Å². The predicted molar refractivity (Wildman–Crippen MR) is 202 cm³/mol. The molecule has 2 amide bonds. The van der Waals surface area contributed by atoms with Crippen LogP contribution in [0.25, 0.3) is 0 Å². The molecule has 0 saturated carbocycles. The SMILES string of the molecule is O=C(O)c1c(OC2CN(C(=O)CC3CNCCO3)C2)ccc2c1O[B-](O)(O)CC2.O=C(O)c1c(OC2CN(C(=O)CC3CNCCO3)C2)ccc2c1O[B-](O)(O)CC2.[Na+].[Na+]. The van der Waals surface area contributed by atoms with Gasteiger partial charge in [-0.3, -0.25) is 9.59 Å². The van der Waals surface area contributed by atoms with Crippen LogP contribution in [0.15, 0.2) is 24.3 Å². The zero-order valence-corrected chi connectivity index (χ0v) is 37.7. The minimum absolute atomic E-state index is 0. The molecule has 0 radical (unpaired) electrons. The molecule has 8 rings (SSSR count). The van der Waals surface area contributed by atoms with Crippen LogP contribution in [0.1, 0.15) is 44.7 Å². The monoisotopic (exact) mass is 860 g/mol. The number of carbonyl (C=O) groups is 4. The molecule has 316 valence electrons. The van der Waals surface area contributed by atoms with Crippen molar-refractivity contribution in [3.63, 3.8) is 0 Å². The van der Waals surface area contributed by atoms with E-state index in [0.29, 0.717) is 89.3 Å². The van der Waals surface area contributed by atoms with Gasteiger partial charge in [-0.05, 0) is 36.1 Å². The fourth-order valence-electron chi connectivity index (χ4n) is 7.60. The molecule has 0 aliphatic carbocycles. The van der Waals surface area contributed by atoms with Gasteiger partial charge in [-0.15, -0.1) is 0 Å². The zero-order valence-electron chi connectivity index (χ0n) is 33.7. The van der Waals surface area contributed by atoms with E-state index in [1.165, 1.54) is 0 Å². The van der Waals surface area contributed by atoms with E-state index in [4.69, 9.17) is 28.3 Å². The van der Waals surface area contributed by atoms with Gasteiger partial charge < -0.3 is 79.0 Å². The Morgan fingerprint density at radius 3 is 1.37 bits per heavy atom. The Labute approximate surface area is 389 Å². The summed E-state index contributed by atoms with van der Waals surface area (Å²) in [6.45, 7) is -0.719. The summed E-state index contributed by atoms with van der Waals surface area (Å²) >= 11 is 0. The van der Waals surface area contributed by atoms with Gasteiger partial charge in [0.25, 0.3) is 0 Å². The first-order chi connectivity index (χ1) is 27.6. The predicted octanol–water partition coefficient (Wildman–Crippen LogP) is -7.57. The molecule has 2 unspecified atom stereocenters. The summed E-state index contributed by atoms with van der Waals surface area (Å²) < 4.78 is 33.0. The molecule has 6 aliphatic heterocycles. The third-order valence-corrected chi connectivity index (χ3v) is 10.8. The number of nitrogens with one attached hydrogen (secondary N) is 2. The largest absolute Gasteiger partial charge is 1.00 e. The molecule has 2 atom stereocenters. The number of ether oxygens (including phenoxy) is 4. The van der Waals surface area contributed by atoms with Crippen LogP contribution in [0, 0.1) is 0 Å². The molecule has 6 aliphatic rings. The number of rotatable bonds is 10. The molecule has 2 aromatic carbocycles. The van der Waals surface area contributed by atoms with Crippen LogP contribution in [-0.4, -0.2) is 167 Å². The van der Waals surface area contributed by atoms with Gasteiger partial charge in [0.2, 0.25) is 11.8 Å². The number of benzene rings is 2. The number of amides is 2. The number of morpholine rings is 2. The maximum Gasteiger partial charge on any atom is 1.00 e. The van der Waals surface area contributed by atoms with Gasteiger partial charge in [0, 0.05) is 26.2 Å². The minimum Gasteiger partial charge on any atom is -0.669 e. The van der Waals surface area contributed by atoms with E-state index in [1.54, 1.807) is 34.1 Å². The molecular formula is C36H48B2N4Na2O16. The third kappa shape index (κ3) is 11.9. The fourth-order valence-corrected chi connectivity index (χ4v) is 7.60. The number of carboxylic acids is 2. The summed E-state index contributed by atoms with van der Waals surface area (Å²) in [7, 11) is 0. The summed E-state index contributed by atoms with van der Waals surface area (Å²) in [6, 6.07) is 6.42. The van der Waals surface area contributed by atoms with Crippen molar-refractivity contribution in [1.29, 1.82) is 0 Å². The Bertz CT molecular complexity index is 1760. The standard InChI is InChI=1S/2C18H24BN2O8.2Na/c2*22-15(7-12-8-20-5-6-27-12)21-9-13(10-21)28-14-2-1-11-3-4-19(25,26)29-17(11)16(14)18(23)24;;/h2*1-2,12-13,20,25-26H,3-10H2,(H,23,24);;/q2*-1;2*+1. The molecule has 4 fully saturated rings. The van der Waals surface area contributed by atoms with Crippen molar-refractivity contribution in [2.45, 2.75) is 62.7 Å².